The molecule has 5 aliphatic rings. The Hall–Kier alpha value is -7.92. The Kier molecular flexibility index (Phi) is 16.9. The number of benzene rings is 2. The first-order valence-electron chi connectivity index (χ1n) is 26.4. The van der Waals surface area contributed by atoms with E-state index in [1.807, 2.05) is 31.2 Å². The summed E-state index contributed by atoms with van der Waals surface area (Å²) in [5.74, 6) is -1.63. The predicted molar refractivity (Wildman–Crippen MR) is 295 cm³/mol. The Morgan fingerprint density at radius 3 is 1.45 bits per heavy atom. The summed E-state index contributed by atoms with van der Waals surface area (Å²) < 4.78 is 82.6. The van der Waals surface area contributed by atoms with Crippen LogP contribution < -0.4 is 41.3 Å². The molecular weight excluding hydrogens is 1120 g/mol. The molecule has 8 atom stereocenters. The third-order valence-corrected chi connectivity index (χ3v) is 16.8. The number of ether oxygens (including phenoxy) is 4. The lowest BCUT2D eigenvalue weighted by Gasteiger charge is -2.24. The van der Waals surface area contributed by atoms with Gasteiger partial charge in [0, 0.05) is 36.5 Å². The molecule has 0 unspecified atom stereocenters. The van der Waals surface area contributed by atoms with Gasteiger partial charge in [0.05, 0.1) is 22.4 Å². The van der Waals surface area contributed by atoms with Gasteiger partial charge in [-0.25, -0.2) is 65.8 Å². The van der Waals surface area contributed by atoms with Crippen LogP contribution in [0.3, 0.4) is 0 Å². The lowest BCUT2D eigenvalue weighted by Crippen LogP contribution is -2.42. The third kappa shape index (κ3) is 12.7. The molecule has 6 amide bonds. The highest BCUT2D eigenvalue weighted by Crippen LogP contribution is 2.44. The summed E-state index contributed by atoms with van der Waals surface area (Å²) in [7, 11) is -7.38. The first-order chi connectivity index (χ1) is 39.7. The monoisotopic (exact) mass is 1180 g/mol. The molecule has 0 saturated carbocycles. The number of amides is 6. The Morgan fingerprint density at radius 1 is 0.566 bits per heavy atom. The average molecular weight is 1190 g/mol. The number of aliphatic hydroxyl groups excluding tert-OH is 2. The van der Waals surface area contributed by atoms with E-state index in [0.29, 0.717) is 55.8 Å². The fourth-order valence-corrected chi connectivity index (χ4v) is 12.4. The second kappa shape index (κ2) is 24.1. The van der Waals surface area contributed by atoms with E-state index in [4.69, 9.17) is 18.9 Å². The van der Waals surface area contributed by atoms with Crippen molar-refractivity contribution in [3.63, 3.8) is 0 Å². The van der Waals surface area contributed by atoms with E-state index >= 15 is 0 Å². The lowest BCUT2D eigenvalue weighted by molar-refractivity contribution is -0.197. The van der Waals surface area contributed by atoms with E-state index < -0.39 is 92.9 Å². The van der Waals surface area contributed by atoms with Crippen molar-refractivity contribution in [1.82, 2.24) is 59.1 Å². The number of hydrogen-bond acceptors (Lipinski definition) is 20. The lowest BCUT2D eigenvalue weighted by atomic mass is 10.1. The Morgan fingerprint density at radius 2 is 0.988 bits per heavy atom. The maximum absolute atomic E-state index is 12.8. The van der Waals surface area contributed by atoms with Gasteiger partial charge in [-0.1, -0.05) is 24.3 Å². The number of sulfonamides is 2. The topological polar surface area (TPSA) is 397 Å². The minimum atomic E-state index is -3.70. The summed E-state index contributed by atoms with van der Waals surface area (Å²) in [6.45, 7) is 7.82. The van der Waals surface area contributed by atoms with Crippen LogP contribution in [0.1, 0.15) is 65.8 Å². The van der Waals surface area contributed by atoms with Crippen LogP contribution in [0, 0.1) is 0 Å². The van der Waals surface area contributed by atoms with Gasteiger partial charge in [-0.15, -0.1) is 0 Å². The smallest absolute Gasteiger partial charge is 0.324 e. The molecule has 6 aromatic rings. The fourth-order valence-electron chi connectivity index (χ4n) is 9.90. The van der Waals surface area contributed by atoms with Gasteiger partial charge in [0.25, 0.3) is 11.8 Å². The minimum Gasteiger partial charge on any atom is -0.387 e. The highest BCUT2D eigenvalue weighted by Gasteiger charge is 2.58. The molecule has 0 spiro atoms. The molecule has 30 nitrogen and oxygen atoms in total. The molecule has 3 aliphatic heterocycles. The van der Waals surface area contributed by atoms with Crippen molar-refractivity contribution < 1.29 is 65.2 Å². The standard InChI is InChI=1S/C27H32N8O7S.C24H28N8O7S/c1-4-28-24(36)20-19-21(42-27(2,3)41-19)25(40-20)35-14-31-18-22(29-13-30-23(18)35)33-26(37)32-15-9-11-17(12-10-15)43(38,39)34-16-7-5-6-8-16;1-2-25-22(35)19-17(33)18(34)23(39-19)32-12-28-16-20(26-11-27-21(16)32)30-24(36)29-13-7-9-15(10-8-13)40(37,38)31-14-5-3-4-6-14/h5-6,9-14,16,19-21,25,34H,4,7-8H2,1-3H3,(H,28,36)(H2,29,30,32,33,37);3-4,7-12,14,17-19,23,31,33-34H,2,5-6H2,1H3,(H,25,35)(H2,26,27,29,30,36)/t19-,20+,21-,25-;17-,18+,19-,23+/m10/s1. The van der Waals surface area contributed by atoms with Crippen molar-refractivity contribution in [2.24, 2.45) is 0 Å². The van der Waals surface area contributed by atoms with Crippen molar-refractivity contribution in [2.75, 3.05) is 34.4 Å². The fraction of sp³-hybridized carbons (Fsp3) is 0.412. The zero-order valence-electron chi connectivity index (χ0n) is 44.9. The molecule has 32 heteroatoms. The maximum Gasteiger partial charge on any atom is 0.324 e. The van der Waals surface area contributed by atoms with Crippen LogP contribution in [0.2, 0.25) is 0 Å². The first kappa shape index (κ1) is 58.3. The summed E-state index contributed by atoms with van der Waals surface area (Å²) in [5, 5.41) is 36.6. The molecular formula is C51H60N16O14S2. The Bertz CT molecular complexity index is 3680. The second-order valence-corrected chi connectivity index (χ2v) is 23.5. The van der Waals surface area contributed by atoms with Gasteiger partial charge in [-0.2, -0.15) is 0 Å². The summed E-state index contributed by atoms with van der Waals surface area (Å²) in [4.78, 5) is 75.9. The summed E-state index contributed by atoms with van der Waals surface area (Å²) in [6, 6.07) is 9.90. The third-order valence-electron chi connectivity index (χ3n) is 13.7. The minimum absolute atomic E-state index is 0.0446. The van der Waals surface area contributed by atoms with Gasteiger partial charge in [0.1, 0.15) is 37.1 Å². The van der Waals surface area contributed by atoms with Crippen molar-refractivity contribution in [1.29, 1.82) is 0 Å². The molecule has 3 saturated heterocycles. The number of anilines is 4. The number of hydrogen-bond donors (Lipinski definition) is 10. The number of aromatic nitrogens is 8. The van der Waals surface area contributed by atoms with E-state index in [9.17, 15) is 46.2 Å². The van der Waals surface area contributed by atoms with E-state index in [1.165, 1.54) is 78.4 Å². The molecule has 4 aromatic heterocycles. The van der Waals surface area contributed by atoms with Gasteiger partial charge in [-0.3, -0.25) is 29.4 Å². The largest absolute Gasteiger partial charge is 0.387 e. The van der Waals surface area contributed by atoms with Crippen LogP contribution in [0.25, 0.3) is 22.3 Å². The molecule has 2 aromatic carbocycles. The number of fused-ring (bicyclic) bond motifs is 3. The van der Waals surface area contributed by atoms with Crippen molar-refractivity contribution in [2.45, 2.75) is 130 Å². The predicted octanol–water partition coefficient (Wildman–Crippen LogP) is 2.24. The quantitative estimate of drug-likeness (QED) is 0.0621. The van der Waals surface area contributed by atoms with Crippen LogP contribution >= 0.6 is 0 Å². The van der Waals surface area contributed by atoms with E-state index in [-0.39, 0.29) is 56.1 Å². The summed E-state index contributed by atoms with van der Waals surface area (Å²) in [5.41, 5.74) is 1.68. The summed E-state index contributed by atoms with van der Waals surface area (Å²) in [6.07, 6.45) is 7.18. The molecule has 7 heterocycles. The molecule has 83 heavy (non-hydrogen) atoms. The van der Waals surface area contributed by atoms with Crippen molar-refractivity contribution in [3.8, 4) is 0 Å². The molecule has 0 radical (unpaired) electrons. The zero-order chi connectivity index (χ0) is 58.8. The number of rotatable bonds is 16. The number of carbonyl (C=O) groups excluding carboxylic acids is 4. The SMILES string of the molecule is CCNC(=O)[C@H]1O[C@@H](n2cnc3c(NC(=O)Nc4ccc(S(=O)(=O)NC5CC=CC5)cc4)ncnc32)[C@@H]2OC(C)(C)O[C@@H]21.CCNC(=O)[C@H]1O[C@@H](n2cnc3c(NC(=O)Nc4ccc(S(=O)(=O)NC5CC=CC5)cc4)ncnc32)[C@H](O)[C@@H]1O. The number of carbonyl (C=O) groups is 4. The van der Waals surface area contributed by atoms with E-state index in [1.54, 1.807) is 25.3 Å². The van der Waals surface area contributed by atoms with Crippen molar-refractivity contribution in [3.05, 3.63) is 98.1 Å². The van der Waals surface area contributed by atoms with Crippen LogP contribution in [0.4, 0.5) is 32.6 Å². The van der Waals surface area contributed by atoms with E-state index in [2.05, 4.69) is 71.2 Å². The Labute approximate surface area is 474 Å². The molecule has 2 aliphatic carbocycles. The summed E-state index contributed by atoms with van der Waals surface area (Å²) >= 11 is 0. The van der Waals surface area contributed by atoms with Gasteiger partial charge in [0.2, 0.25) is 20.0 Å². The highest BCUT2D eigenvalue weighted by atomic mass is 32.2. The van der Waals surface area contributed by atoms with Crippen LogP contribution in [-0.2, 0) is 48.6 Å². The molecule has 3 fully saturated rings. The zero-order valence-corrected chi connectivity index (χ0v) is 46.6. The Balaban J connectivity index is 0.000000186. The van der Waals surface area contributed by atoms with Gasteiger partial charge >= 0.3 is 12.1 Å². The number of aliphatic hydroxyl groups is 2. The van der Waals surface area contributed by atoms with Crippen LogP contribution in [0.5, 0.6) is 0 Å². The molecule has 10 N–H and O–H groups in total. The molecule has 0 bridgehead atoms. The van der Waals surface area contributed by atoms with Crippen LogP contribution in [0.15, 0.2) is 108 Å². The van der Waals surface area contributed by atoms with E-state index in [0.717, 1.165) is 0 Å². The molecule has 11 rings (SSSR count). The first-order valence-corrected chi connectivity index (χ1v) is 29.3. The van der Waals surface area contributed by atoms with Crippen LogP contribution in [-0.4, -0.2) is 158 Å². The number of imidazole rings is 2. The normalized spacial score (nSPS) is 23.9. The number of urea groups is 2. The van der Waals surface area contributed by atoms with Gasteiger partial charge in [-0.05, 0) is 102 Å². The average Bonchev–Trinajstić information content (AvgIpc) is 3.39. The molecule has 440 valence electrons. The second-order valence-electron chi connectivity index (χ2n) is 20.1. The number of nitrogens with one attached hydrogen (secondary N) is 8. The maximum atomic E-state index is 12.8. The van der Waals surface area contributed by atoms with Crippen molar-refractivity contribution >= 4 is 89.3 Å². The highest BCUT2D eigenvalue weighted by molar-refractivity contribution is 7.89. The van der Waals surface area contributed by atoms with Gasteiger partial charge < -0.3 is 50.4 Å². The van der Waals surface area contributed by atoms with Gasteiger partial charge in [0.15, 0.2) is 64.4 Å². The number of nitrogens with zero attached hydrogens (tertiary/aromatic N) is 8. The number of likely N-dealkylation sites (N-methyl/N-ethyl adjacent to an activating group) is 2.